The lowest BCUT2D eigenvalue weighted by molar-refractivity contribution is 0.0921. The van der Waals surface area contributed by atoms with Gasteiger partial charge in [0.1, 0.15) is 30.3 Å². The molecule has 35 heavy (non-hydrogen) atoms. The molecule has 0 N–H and O–H groups in total. The summed E-state index contributed by atoms with van der Waals surface area (Å²) < 4.78 is 23.2. The zero-order valence-corrected chi connectivity index (χ0v) is 20.1. The Bertz CT molecular complexity index is 1490. The lowest BCUT2D eigenvalue weighted by atomic mass is 10.00. The number of carbonyl (C=O) groups excluding carboxylic acids is 1. The monoisotopic (exact) mass is 490 g/mol. The number of aryl methyl sites for hydroxylation is 2. The van der Waals surface area contributed by atoms with Crippen molar-refractivity contribution in [3.63, 3.8) is 0 Å². The van der Waals surface area contributed by atoms with Crippen LogP contribution < -0.4 is 19.6 Å². The highest BCUT2D eigenvalue weighted by Gasteiger charge is 2.19. The van der Waals surface area contributed by atoms with E-state index in [1.807, 2.05) is 13.0 Å². The minimum Gasteiger partial charge on any atom is -0.486 e. The molecule has 0 fully saturated rings. The normalized spacial score (nSPS) is 12.5. The highest BCUT2D eigenvalue weighted by Crippen LogP contribution is 2.36. The van der Waals surface area contributed by atoms with Crippen molar-refractivity contribution in [3.05, 3.63) is 86.7 Å². The lowest BCUT2D eigenvalue weighted by Crippen LogP contribution is -2.15. The summed E-state index contributed by atoms with van der Waals surface area (Å²) in [5.74, 6) is 2.08. The van der Waals surface area contributed by atoms with Crippen LogP contribution in [0.2, 0.25) is 5.02 Å². The summed E-state index contributed by atoms with van der Waals surface area (Å²) in [7, 11) is 0. The average molecular weight is 491 g/mol. The van der Waals surface area contributed by atoms with E-state index in [0.717, 1.165) is 5.56 Å². The molecule has 178 valence electrons. The molecule has 0 bridgehead atoms. The zero-order chi connectivity index (χ0) is 24.5. The van der Waals surface area contributed by atoms with Crippen LogP contribution in [0.3, 0.4) is 0 Å². The Morgan fingerprint density at radius 1 is 1.00 bits per heavy atom. The summed E-state index contributed by atoms with van der Waals surface area (Å²) in [6, 6.07) is 15.6. The molecule has 0 saturated carbocycles. The molecular formula is C28H23ClO6. The number of benzene rings is 3. The smallest absolute Gasteiger partial charge is 0.200 e. The van der Waals surface area contributed by atoms with Crippen LogP contribution in [0.15, 0.2) is 63.8 Å². The SMILES string of the molecule is CCc1cc2c(=O)c(-c3ccc4c(c3)OCCO4)c(C)oc2cc1OCC(=O)c1ccc(Cl)cc1. The summed E-state index contributed by atoms with van der Waals surface area (Å²) in [5, 5.41) is 1.01. The van der Waals surface area contributed by atoms with Crippen LogP contribution in [-0.2, 0) is 6.42 Å². The third-order valence-corrected chi connectivity index (χ3v) is 6.24. The highest BCUT2D eigenvalue weighted by molar-refractivity contribution is 6.30. The summed E-state index contributed by atoms with van der Waals surface area (Å²) in [6.07, 6.45) is 0.618. The van der Waals surface area contributed by atoms with E-state index in [0.29, 0.717) is 75.3 Å². The number of halogens is 1. The Balaban J connectivity index is 1.49. The second kappa shape index (κ2) is 9.47. The van der Waals surface area contributed by atoms with Crippen LogP contribution in [-0.4, -0.2) is 25.6 Å². The Hall–Kier alpha value is -3.77. The molecular weight excluding hydrogens is 468 g/mol. The quantitative estimate of drug-likeness (QED) is 0.308. The first-order valence-corrected chi connectivity index (χ1v) is 11.7. The van der Waals surface area contributed by atoms with Gasteiger partial charge in [0.15, 0.2) is 23.9 Å². The van der Waals surface area contributed by atoms with E-state index in [4.69, 9.17) is 30.2 Å². The van der Waals surface area contributed by atoms with Gasteiger partial charge in [-0.2, -0.15) is 0 Å². The minimum absolute atomic E-state index is 0.140. The molecule has 1 aromatic heterocycles. The van der Waals surface area contributed by atoms with E-state index in [9.17, 15) is 9.59 Å². The van der Waals surface area contributed by atoms with Crippen LogP contribution in [0.4, 0.5) is 0 Å². The molecule has 5 rings (SSSR count). The number of fused-ring (bicyclic) bond motifs is 2. The minimum atomic E-state index is -0.171. The molecule has 0 amide bonds. The van der Waals surface area contributed by atoms with Crippen molar-refractivity contribution in [2.45, 2.75) is 20.3 Å². The van der Waals surface area contributed by atoms with Gasteiger partial charge < -0.3 is 18.6 Å². The first-order valence-electron chi connectivity index (χ1n) is 11.4. The molecule has 3 aromatic carbocycles. The van der Waals surface area contributed by atoms with Gasteiger partial charge in [0.2, 0.25) is 5.43 Å². The number of ether oxygens (including phenoxy) is 3. The average Bonchev–Trinajstić information content (AvgIpc) is 2.87. The topological polar surface area (TPSA) is 75.0 Å². The van der Waals surface area contributed by atoms with Gasteiger partial charge in [-0.15, -0.1) is 0 Å². The Kier molecular flexibility index (Phi) is 6.22. The van der Waals surface area contributed by atoms with E-state index < -0.39 is 0 Å². The van der Waals surface area contributed by atoms with E-state index in [2.05, 4.69) is 0 Å². The number of ketones is 1. The maximum absolute atomic E-state index is 13.5. The second-order valence-electron chi connectivity index (χ2n) is 8.25. The molecule has 0 atom stereocenters. The van der Waals surface area contributed by atoms with Gasteiger partial charge in [0, 0.05) is 16.7 Å². The zero-order valence-electron chi connectivity index (χ0n) is 19.4. The Labute approximate surface area is 207 Å². The first-order chi connectivity index (χ1) is 16.9. The molecule has 7 heteroatoms. The number of carbonyl (C=O) groups is 1. The standard InChI is InChI=1S/C28H23ClO6/c1-3-17-12-21-25(14-24(17)34-15-22(30)18-4-7-20(29)8-5-18)35-16(2)27(28(21)31)19-6-9-23-26(13-19)33-11-10-32-23/h4-9,12-14H,3,10-11,15H2,1-2H3. The van der Waals surface area contributed by atoms with Crippen LogP contribution >= 0.6 is 11.6 Å². The predicted octanol–water partition coefficient (Wildman–Crippen LogP) is 6.02. The molecule has 2 heterocycles. The molecule has 1 aliphatic rings. The fourth-order valence-electron chi connectivity index (χ4n) is 4.18. The number of hydrogen-bond acceptors (Lipinski definition) is 6. The van der Waals surface area contributed by atoms with Crippen molar-refractivity contribution in [1.82, 2.24) is 0 Å². The second-order valence-corrected chi connectivity index (χ2v) is 8.69. The summed E-state index contributed by atoms with van der Waals surface area (Å²) in [6.45, 7) is 4.54. The largest absolute Gasteiger partial charge is 0.486 e. The fourth-order valence-corrected chi connectivity index (χ4v) is 4.31. The van der Waals surface area contributed by atoms with E-state index >= 15 is 0 Å². The Morgan fingerprint density at radius 2 is 1.74 bits per heavy atom. The van der Waals surface area contributed by atoms with Gasteiger partial charge >= 0.3 is 0 Å². The van der Waals surface area contributed by atoms with Gasteiger partial charge in [-0.1, -0.05) is 24.6 Å². The molecule has 0 spiro atoms. The van der Waals surface area contributed by atoms with Crippen LogP contribution in [0.1, 0.15) is 28.6 Å². The van der Waals surface area contributed by atoms with E-state index in [1.165, 1.54) is 0 Å². The molecule has 0 aliphatic carbocycles. The van der Waals surface area contributed by atoms with E-state index in [1.54, 1.807) is 55.5 Å². The number of Topliss-reactive ketones (excluding diaryl/α,β-unsaturated/α-hetero) is 1. The first kappa shape index (κ1) is 23.0. The highest BCUT2D eigenvalue weighted by atomic mass is 35.5. The van der Waals surface area contributed by atoms with Gasteiger partial charge in [-0.05, 0) is 66.9 Å². The van der Waals surface area contributed by atoms with Crippen molar-refractivity contribution >= 4 is 28.4 Å². The predicted molar refractivity (Wildman–Crippen MR) is 134 cm³/mol. The maximum atomic E-state index is 13.5. The van der Waals surface area contributed by atoms with Crippen molar-refractivity contribution in [3.8, 4) is 28.4 Å². The summed E-state index contributed by atoms with van der Waals surface area (Å²) in [4.78, 5) is 26.1. The van der Waals surface area contributed by atoms with Crippen LogP contribution in [0.25, 0.3) is 22.1 Å². The van der Waals surface area contributed by atoms with Crippen LogP contribution in [0.5, 0.6) is 17.2 Å². The lowest BCUT2D eigenvalue weighted by Gasteiger charge is -2.19. The molecule has 1 aliphatic heterocycles. The molecule has 0 saturated heterocycles. The third kappa shape index (κ3) is 4.49. The van der Waals surface area contributed by atoms with Gasteiger partial charge in [-0.25, -0.2) is 0 Å². The van der Waals surface area contributed by atoms with Crippen molar-refractivity contribution in [2.24, 2.45) is 0 Å². The summed E-state index contributed by atoms with van der Waals surface area (Å²) >= 11 is 5.90. The van der Waals surface area contributed by atoms with Crippen LogP contribution in [0, 0.1) is 6.92 Å². The fraction of sp³-hybridized carbons (Fsp3) is 0.214. The van der Waals surface area contributed by atoms with Crippen molar-refractivity contribution < 1.29 is 23.4 Å². The third-order valence-electron chi connectivity index (χ3n) is 5.99. The van der Waals surface area contributed by atoms with Crippen molar-refractivity contribution in [2.75, 3.05) is 19.8 Å². The molecule has 0 unspecified atom stereocenters. The Morgan fingerprint density at radius 3 is 2.49 bits per heavy atom. The molecule has 0 radical (unpaired) electrons. The summed E-state index contributed by atoms with van der Waals surface area (Å²) in [5.41, 5.74) is 2.77. The van der Waals surface area contributed by atoms with E-state index in [-0.39, 0.29) is 17.8 Å². The van der Waals surface area contributed by atoms with Crippen molar-refractivity contribution in [1.29, 1.82) is 0 Å². The maximum Gasteiger partial charge on any atom is 0.200 e. The number of rotatable bonds is 6. The number of hydrogen-bond donors (Lipinski definition) is 0. The van der Waals surface area contributed by atoms with Gasteiger partial charge in [0.05, 0.1) is 10.9 Å². The van der Waals surface area contributed by atoms with Gasteiger partial charge in [-0.3, -0.25) is 9.59 Å². The van der Waals surface area contributed by atoms with Gasteiger partial charge in [0.25, 0.3) is 0 Å². The molecule has 4 aromatic rings. The molecule has 6 nitrogen and oxygen atoms in total.